The Morgan fingerprint density at radius 1 is 0.971 bits per heavy atom. The lowest BCUT2D eigenvalue weighted by Crippen LogP contribution is -2.49. The van der Waals surface area contributed by atoms with Crippen LogP contribution in [0.1, 0.15) is 26.5 Å². The average molecular weight is 503 g/mol. The summed E-state index contributed by atoms with van der Waals surface area (Å²) >= 11 is 12.6. The van der Waals surface area contributed by atoms with Crippen molar-refractivity contribution in [3.8, 4) is 11.8 Å². The smallest absolute Gasteiger partial charge is 0.150 e. The molecular weight excluding hydrogens is 479 g/mol. The van der Waals surface area contributed by atoms with E-state index in [4.69, 9.17) is 23.2 Å². The van der Waals surface area contributed by atoms with Crippen LogP contribution in [0.5, 0.6) is 0 Å². The summed E-state index contributed by atoms with van der Waals surface area (Å²) in [5.41, 5.74) is 4.84. The van der Waals surface area contributed by atoms with Gasteiger partial charge in [-0.1, -0.05) is 35.3 Å². The largest absolute Gasteiger partial charge is 0.345 e. The molecule has 5 rings (SSSR count). The van der Waals surface area contributed by atoms with Crippen LogP contribution in [-0.4, -0.2) is 26.2 Å². The fourth-order valence-corrected chi connectivity index (χ4v) is 5.24. The molecule has 1 unspecified atom stereocenters. The molecule has 0 aliphatic carbocycles. The van der Waals surface area contributed by atoms with Gasteiger partial charge in [0.2, 0.25) is 0 Å². The molecule has 2 aromatic heterocycles. The number of nitrogens with zero attached hydrogens (tertiary/aromatic N) is 5. The van der Waals surface area contributed by atoms with E-state index in [0.29, 0.717) is 21.4 Å². The van der Waals surface area contributed by atoms with Crippen molar-refractivity contribution in [3.05, 3.63) is 87.8 Å². The van der Waals surface area contributed by atoms with E-state index in [1.807, 2.05) is 73.0 Å². The van der Waals surface area contributed by atoms with Crippen LogP contribution in [0.3, 0.4) is 0 Å². The van der Waals surface area contributed by atoms with E-state index in [2.05, 4.69) is 40.1 Å². The lowest BCUT2D eigenvalue weighted by atomic mass is 9.94. The van der Waals surface area contributed by atoms with Crippen LogP contribution in [0, 0.1) is 18.3 Å². The number of nitriles is 1. The zero-order valence-electron chi connectivity index (χ0n) is 19.8. The summed E-state index contributed by atoms with van der Waals surface area (Å²) in [7, 11) is 0. The first-order chi connectivity index (χ1) is 16.7. The summed E-state index contributed by atoms with van der Waals surface area (Å²) in [4.78, 5) is 11.3. The van der Waals surface area contributed by atoms with Gasteiger partial charge < -0.3 is 10.2 Å². The van der Waals surface area contributed by atoms with Crippen LogP contribution in [0.4, 0.5) is 11.5 Å². The maximum Gasteiger partial charge on any atom is 0.150 e. The molecule has 1 aliphatic heterocycles. The summed E-state index contributed by atoms with van der Waals surface area (Å²) in [6, 6.07) is 19.8. The number of rotatable bonds is 4. The van der Waals surface area contributed by atoms with E-state index in [1.54, 1.807) is 0 Å². The van der Waals surface area contributed by atoms with Crippen molar-refractivity contribution in [1.82, 2.24) is 14.5 Å². The Balaban J connectivity index is 1.64. The van der Waals surface area contributed by atoms with Crippen molar-refractivity contribution in [1.29, 1.82) is 5.26 Å². The zero-order chi connectivity index (χ0) is 24.9. The third kappa shape index (κ3) is 3.81. The molecule has 1 N–H and O–H groups in total. The molecule has 3 heterocycles. The predicted octanol–water partition coefficient (Wildman–Crippen LogP) is 6.91. The van der Waals surface area contributed by atoms with Crippen LogP contribution < -0.4 is 10.2 Å². The molecule has 1 aliphatic rings. The summed E-state index contributed by atoms with van der Waals surface area (Å²) in [6.45, 7) is 8.25. The Bertz CT molecular complexity index is 1530. The Kier molecular flexibility index (Phi) is 5.71. The number of hydrogen-bond donors (Lipinski definition) is 1. The highest BCUT2D eigenvalue weighted by molar-refractivity contribution is 6.31. The molecule has 0 amide bonds. The van der Waals surface area contributed by atoms with Gasteiger partial charge in [0.05, 0.1) is 22.6 Å². The van der Waals surface area contributed by atoms with E-state index < -0.39 is 11.7 Å². The van der Waals surface area contributed by atoms with Crippen molar-refractivity contribution < 1.29 is 0 Å². The second-order valence-corrected chi connectivity index (χ2v) is 10.0. The first-order valence-electron chi connectivity index (χ1n) is 11.2. The molecule has 4 aromatic rings. The van der Waals surface area contributed by atoms with Gasteiger partial charge in [0.25, 0.3) is 0 Å². The normalized spacial score (nSPS) is 17.2. The van der Waals surface area contributed by atoms with Crippen LogP contribution in [0.2, 0.25) is 10.0 Å². The van der Waals surface area contributed by atoms with Crippen LogP contribution in [0.15, 0.2) is 72.1 Å². The first-order valence-corrected chi connectivity index (χ1v) is 12.0. The molecule has 35 heavy (non-hydrogen) atoms. The number of aromatic nitrogens is 3. The fourth-order valence-electron chi connectivity index (χ4n) is 4.87. The second kappa shape index (κ2) is 8.60. The lowest BCUT2D eigenvalue weighted by Gasteiger charge is -2.40. The van der Waals surface area contributed by atoms with Crippen molar-refractivity contribution in [2.24, 2.45) is 0 Å². The van der Waals surface area contributed by atoms with Crippen molar-refractivity contribution in [3.63, 3.8) is 0 Å². The van der Waals surface area contributed by atoms with Crippen molar-refractivity contribution in [2.75, 3.05) is 10.2 Å². The SMILES string of the molecule is CC1=C(C#N)C(Nc2ncnc3c2cc(C)n3-c2cccc(Cl)c2)N(c2cccc(Cl)c2)C1(C)C. The van der Waals surface area contributed by atoms with E-state index in [0.717, 1.165) is 33.7 Å². The minimum Gasteiger partial charge on any atom is -0.345 e. The second-order valence-electron chi connectivity index (χ2n) is 9.17. The predicted molar refractivity (Wildman–Crippen MR) is 142 cm³/mol. The maximum atomic E-state index is 10.1. The van der Waals surface area contributed by atoms with Gasteiger partial charge in [0, 0.05) is 27.1 Å². The monoisotopic (exact) mass is 502 g/mol. The number of aryl methyl sites for hydroxylation is 1. The molecular formula is C27H24Cl2N6. The highest BCUT2D eigenvalue weighted by Crippen LogP contribution is 2.43. The number of anilines is 2. The molecule has 0 bridgehead atoms. The van der Waals surface area contributed by atoms with Gasteiger partial charge in [-0.2, -0.15) is 5.26 Å². The molecule has 176 valence electrons. The number of halogens is 2. The number of fused-ring (bicyclic) bond motifs is 1. The van der Waals surface area contributed by atoms with Gasteiger partial charge in [0.1, 0.15) is 24.0 Å². The maximum absolute atomic E-state index is 10.1. The van der Waals surface area contributed by atoms with Crippen molar-refractivity contribution >= 4 is 45.7 Å². The Morgan fingerprint density at radius 3 is 2.29 bits per heavy atom. The third-order valence-corrected chi connectivity index (χ3v) is 7.25. The fraction of sp³-hybridized carbons (Fsp3) is 0.222. The molecule has 0 saturated heterocycles. The molecule has 1 atom stereocenters. The van der Waals surface area contributed by atoms with Gasteiger partial charge in [-0.15, -0.1) is 0 Å². The van der Waals surface area contributed by atoms with E-state index >= 15 is 0 Å². The Hall–Kier alpha value is -3.53. The number of hydrogen-bond acceptors (Lipinski definition) is 5. The van der Waals surface area contributed by atoms with Gasteiger partial charge in [0.15, 0.2) is 0 Å². The molecule has 0 fully saturated rings. The highest BCUT2D eigenvalue weighted by atomic mass is 35.5. The van der Waals surface area contributed by atoms with E-state index in [9.17, 15) is 5.26 Å². The molecule has 2 aromatic carbocycles. The average Bonchev–Trinajstić information content (AvgIpc) is 3.24. The lowest BCUT2D eigenvalue weighted by molar-refractivity contribution is 0.549. The topological polar surface area (TPSA) is 69.8 Å². The van der Waals surface area contributed by atoms with Crippen LogP contribution >= 0.6 is 23.2 Å². The van der Waals surface area contributed by atoms with Crippen LogP contribution in [-0.2, 0) is 0 Å². The summed E-state index contributed by atoms with van der Waals surface area (Å²) < 4.78 is 2.05. The van der Waals surface area contributed by atoms with E-state index in [-0.39, 0.29) is 0 Å². The molecule has 8 heteroatoms. The highest BCUT2D eigenvalue weighted by Gasteiger charge is 2.45. The minimum atomic E-state index is -0.429. The van der Waals surface area contributed by atoms with Gasteiger partial charge in [-0.3, -0.25) is 4.57 Å². The minimum absolute atomic E-state index is 0.414. The number of benzene rings is 2. The molecule has 0 radical (unpaired) electrons. The van der Waals surface area contributed by atoms with Crippen molar-refractivity contribution in [2.45, 2.75) is 39.4 Å². The summed E-state index contributed by atoms with van der Waals surface area (Å²) in [5.74, 6) is 0.647. The van der Waals surface area contributed by atoms with E-state index in [1.165, 1.54) is 6.33 Å². The Morgan fingerprint density at radius 2 is 1.63 bits per heavy atom. The molecule has 0 saturated carbocycles. The zero-order valence-corrected chi connectivity index (χ0v) is 21.4. The van der Waals surface area contributed by atoms with Gasteiger partial charge in [-0.05, 0) is 75.7 Å². The first kappa shape index (κ1) is 23.2. The quantitative estimate of drug-likeness (QED) is 0.328. The molecule has 0 spiro atoms. The standard InChI is InChI=1S/C27H24Cl2N6/c1-16-11-22-24(31-15-32-25(22)34(16)20-9-5-7-18(28)12-20)33-26-23(14-30)17(2)27(3,4)35(26)21-10-6-8-19(29)13-21/h5-13,15,26H,1-4H3,(H,31,32,33). The van der Waals surface area contributed by atoms with Crippen LogP contribution in [0.25, 0.3) is 16.7 Å². The summed E-state index contributed by atoms with van der Waals surface area (Å²) in [5, 5.41) is 15.8. The number of nitrogens with one attached hydrogen (secondary N) is 1. The van der Waals surface area contributed by atoms with Gasteiger partial charge in [-0.25, -0.2) is 9.97 Å². The summed E-state index contributed by atoms with van der Waals surface area (Å²) in [6.07, 6.45) is 1.11. The third-order valence-electron chi connectivity index (χ3n) is 6.78. The molecule has 6 nitrogen and oxygen atoms in total. The Labute approximate surface area is 214 Å². The van der Waals surface area contributed by atoms with Gasteiger partial charge >= 0.3 is 0 Å².